The van der Waals surface area contributed by atoms with Crippen LogP contribution in [0.3, 0.4) is 0 Å². The van der Waals surface area contributed by atoms with Crippen LogP contribution in [0.5, 0.6) is 5.75 Å². The van der Waals surface area contributed by atoms with Gasteiger partial charge in [0.25, 0.3) is 0 Å². The highest BCUT2D eigenvalue weighted by Crippen LogP contribution is 2.64. The van der Waals surface area contributed by atoms with Crippen LogP contribution < -0.4 is 4.74 Å². The van der Waals surface area contributed by atoms with Crippen LogP contribution in [0.2, 0.25) is 0 Å². The molecule has 1 aromatic carbocycles. The molecule has 0 fully saturated rings. The van der Waals surface area contributed by atoms with Gasteiger partial charge in [-0.25, -0.2) is 0 Å². The summed E-state index contributed by atoms with van der Waals surface area (Å²) in [5.74, 6) is -52.8. The molecule has 0 unspecified atom stereocenters. The molecular formula is C22H22F16O4S. The van der Waals surface area contributed by atoms with Gasteiger partial charge in [0, 0.05) is 5.56 Å². The van der Waals surface area contributed by atoms with Gasteiger partial charge in [-0.3, -0.25) is 4.55 Å². The first-order valence-corrected chi connectivity index (χ1v) is 12.6. The summed E-state index contributed by atoms with van der Waals surface area (Å²) >= 11 is 0. The normalized spacial score (nSPS) is 16.0. The Bertz CT molecular complexity index is 1310. The van der Waals surface area contributed by atoms with E-state index in [9.17, 15) is 78.7 Å². The predicted molar refractivity (Wildman–Crippen MR) is 116 cm³/mol. The molecule has 1 N–H and O–H groups in total. The second-order valence-electron chi connectivity index (χ2n) is 11.3. The van der Waals surface area contributed by atoms with Gasteiger partial charge in [0.2, 0.25) is 0 Å². The minimum absolute atomic E-state index is 0.279. The van der Waals surface area contributed by atoms with E-state index in [1.54, 1.807) is 20.8 Å². The number of halogens is 16. The van der Waals surface area contributed by atoms with Crippen LogP contribution in [0.4, 0.5) is 70.2 Å². The first kappa shape index (κ1) is 38.8. The molecule has 43 heavy (non-hydrogen) atoms. The third-order valence-electron chi connectivity index (χ3n) is 5.92. The highest BCUT2D eigenvalue weighted by Gasteiger charge is 2.96. The van der Waals surface area contributed by atoms with Gasteiger partial charge in [-0.15, -0.1) is 0 Å². The lowest BCUT2D eigenvalue weighted by Crippen LogP contribution is -2.75. The summed E-state index contributed by atoms with van der Waals surface area (Å²) in [7, 11) is -7.92. The van der Waals surface area contributed by atoms with Gasteiger partial charge in [0.1, 0.15) is 5.75 Å². The summed E-state index contributed by atoms with van der Waals surface area (Å²) in [6.07, 6.45) is -7.05. The van der Waals surface area contributed by atoms with Crippen molar-refractivity contribution in [1.82, 2.24) is 0 Å². The maximum absolute atomic E-state index is 14.5. The molecule has 0 bridgehead atoms. The van der Waals surface area contributed by atoms with E-state index in [1.807, 2.05) is 0 Å². The standard InChI is InChI=1S/C22H22F16O4S/c1-13(2,3)10-7-8-12(11(9-10)14(4,5)6)42-21(35,36)19(31,32)17(27,28)15(23,24)16(25,26)18(29,30)20(33,34)22(37,38)43(39,40)41/h7-9H,1-6H3,(H,39,40,41). The third kappa shape index (κ3) is 5.71. The van der Waals surface area contributed by atoms with Crippen LogP contribution in [0, 0.1) is 0 Å². The van der Waals surface area contributed by atoms with Gasteiger partial charge in [0.15, 0.2) is 0 Å². The monoisotopic (exact) mass is 686 g/mol. The SMILES string of the molecule is CC(C)(C)c1ccc(OC(F)(F)C(F)(F)C(F)(F)C(F)(F)C(F)(F)C(F)(F)C(F)(F)C(F)(F)S(=O)(=O)O)c(C(C)(C)C)c1. The van der Waals surface area contributed by atoms with E-state index in [-0.39, 0.29) is 5.56 Å². The number of alkyl halides is 16. The summed E-state index contributed by atoms with van der Waals surface area (Å²) in [5, 5.41) is -7.84. The molecule has 0 saturated carbocycles. The zero-order valence-corrected chi connectivity index (χ0v) is 23.2. The molecule has 0 radical (unpaired) electrons. The van der Waals surface area contributed by atoms with Crippen LogP contribution in [0.1, 0.15) is 52.7 Å². The molecule has 0 aliphatic carbocycles. The smallest absolute Gasteiger partial charge is 0.428 e. The second-order valence-corrected chi connectivity index (χ2v) is 12.7. The van der Waals surface area contributed by atoms with Crippen molar-refractivity contribution in [2.45, 2.75) is 99.3 Å². The van der Waals surface area contributed by atoms with Gasteiger partial charge >= 0.3 is 57.0 Å². The number of ether oxygens (including phenoxy) is 1. The van der Waals surface area contributed by atoms with E-state index in [0.717, 1.165) is 12.1 Å². The Morgan fingerprint density at radius 2 is 0.907 bits per heavy atom. The highest BCUT2D eigenvalue weighted by atomic mass is 32.2. The van der Waals surface area contributed by atoms with E-state index < -0.39 is 79.2 Å². The van der Waals surface area contributed by atoms with Crippen molar-refractivity contribution in [3.63, 3.8) is 0 Å². The number of hydrogen-bond donors (Lipinski definition) is 1. The van der Waals surface area contributed by atoms with Crippen molar-refractivity contribution in [1.29, 1.82) is 0 Å². The molecule has 0 atom stereocenters. The topological polar surface area (TPSA) is 63.6 Å². The Kier molecular flexibility index (Phi) is 9.18. The zero-order valence-electron chi connectivity index (χ0n) is 22.4. The molecule has 0 aliphatic heterocycles. The Hall–Kier alpha value is -2.19. The van der Waals surface area contributed by atoms with Gasteiger partial charge in [-0.2, -0.15) is 78.7 Å². The van der Waals surface area contributed by atoms with Crippen LogP contribution in [-0.4, -0.2) is 59.9 Å². The number of hydrogen-bond acceptors (Lipinski definition) is 3. The maximum Gasteiger partial charge on any atom is 0.471 e. The summed E-state index contributed by atoms with van der Waals surface area (Å²) in [5.41, 5.74) is -2.38. The molecular weight excluding hydrogens is 664 g/mol. The Balaban J connectivity index is 3.83. The van der Waals surface area contributed by atoms with Crippen molar-refractivity contribution in [3.8, 4) is 5.75 Å². The first-order valence-electron chi connectivity index (χ1n) is 11.1. The van der Waals surface area contributed by atoms with Crippen molar-refractivity contribution in [2.75, 3.05) is 0 Å². The molecule has 0 aromatic heterocycles. The zero-order chi connectivity index (χ0) is 35.1. The summed E-state index contributed by atoms with van der Waals surface area (Å²) in [4.78, 5) is 0. The minimum Gasteiger partial charge on any atom is -0.428 e. The van der Waals surface area contributed by atoms with Crippen LogP contribution in [-0.2, 0) is 20.9 Å². The van der Waals surface area contributed by atoms with Crippen molar-refractivity contribution < 1.29 is 88.0 Å². The molecule has 0 heterocycles. The quantitative estimate of drug-likeness (QED) is 0.198. The fourth-order valence-electron chi connectivity index (χ4n) is 3.19. The van der Waals surface area contributed by atoms with Gasteiger partial charge in [-0.05, 0) is 22.5 Å². The van der Waals surface area contributed by atoms with E-state index in [4.69, 9.17) is 4.55 Å². The van der Waals surface area contributed by atoms with E-state index in [0.29, 0.717) is 6.07 Å². The number of benzene rings is 1. The average Bonchev–Trinajstić information content (AvgIpc) is 2.75. The summed E-state index contributed by atoms with van der Waals surface area (Å²) < 4.78 is 255. The van der Waals surface area contributed by atoms with E-state index >= 15 is 0 Å². The first-order chi connectivity index (χ1) is 18.3. The molecule has 252 valence electrons. The molecule has 1 rings (SSSR count). The number of rotatable bonds is 10. The fraction of sp³-hybridized carbons (Fsp3) is 0.727. The summed E-state index contributed by atoms with van der Waals surface area (Å²) in [6, 6.07) is 2.41. The van der Waals surface area contributed by atoms with Gasteiger partial charge < -0.3 is 4.74 Å². The van der Waals surface area contributed by atoms with Gasteiger partial charge in [0.05, 0.1) is 0 Å². The van der Waals surface area contributed by atoms with Crippen LogP contribution in [0.25, 0.3) is 0 Å². The Morgan fingerprint density at radius 1 is 0.558 bits per heavy atom. The summed E-state index contributed by atoms with van der Waals surface area (Å²) in [6.45, 7) is 8.37. The fourth-order valence-corrected chi connectivity index (χ4v) is 3.64. The van der Waals surface area contributed by atoms with Crippen molar-refractivity contribution in [3.05, 3.63) is 29.3 Å². The molecule has 1 aromatic rings. The lowest BCUT2D eigenvalue weighted by molar-refractivity contribution is -0.462. The maximum atomic E-state index is 14.5. The predicted octanol–water partition coefficient (Wildman–Crippen LogP) is 8.55. The van der Waals surface area contributed by atoms with Gasteiger partial charge in [-0.1, -0.05) is 53.7 Å². The Morgan fingerprint density at radius 3 is 1.23 bits per heavy atom. The Labute approximate surface area is 233 Å². The van der Waals surface area contributed by atoms with E-state index in [2.05, 4.69) is 4.74 Å². The lowest BCUT2D eigenvalue weighted by atomic mass is 9.80. The average molecular weight is 686 g/mol. The molecule has 0 spiro atoms. The van der Waals surface area contributed by atoms with Crippen LogP contribution in [0.15, 0.2) is 18.2 Å². The minimum atomic E-state index is -8.86. The molecule has 0 aliphatic rings. The highest BCUT2D eigenvalue weighted by molar-refractivity contribution is 7.87. The lowest BCUT2D eigenvalue weighted by Gasteiger charge is -2.43. The molecule has 0 amide bonds. The molecule has 21 heteroatoms. The molecule has 0 saturated heterocycles. The van der Waals surface area contributed by atoms with Crippen LogP contribution >= 0.6 is 0 Å². The second kappa shape index (κ2) is 10.2. The van der Waals surface area contributed by atoms with Crippen molar-refractivity contribution >= 4 is 10.1 Å². The third-order valence-corrected chi connectivity index (χ3v) is 6.82. The largest absolute Gasteiger partial charge is 0.471 e. The van der Waals surface area contributed by atoms with E-state index in [1.165, 1.54) is 20.8 Å². The van der Waals surface area contributed by atoms with Crippen molar-refractivity contribution in [2.24, 2.45) is 0 Å². The molecule has 4 nitrogen and oxygen atoms in total.